The van der Waals surface area contributed by atoms with Crippen molar-refractivity contribution in [1.82, 2.24) is 0 Å². The Hall–Kier alpha value is -2.24. The third kappa shape index (κ3) is 2.47. The van der Waals surface area contributed by atoms with E-state index in [9.17, 15) is 14.0 Å². The van der Waals surface area contributed by atoms with Gasteiger partial charge in [0.25, 0.3) is 5.91 Å². The molecule has 0 fully saturated rings. The molecule has 1 unspecified atom stereocenters. The van der Waals surface area contributed by atoms with Crippen molar-refractivity contribution < 1.29 is 18.7 Å². The summed E-state index contributed by atoms with van der Waals surface area (Å²) in [7, 11) is 0. The van der Waals surface area contributed by atoms with E-state index >= 15 is 0 Å². The molecule has 1 aromatic carbocycles. The average Bonchev–Trinajstić information content (AvgIpc) is 2.72. The molecule has 19 heavy (non-hydrogen) atoms. The van der Waals surface area contributed by atoms with Gasteiger partial charge in [0.05, 0.1) is 12.3 Å². The van der Waals surface area contributed by atoms with Gasteiger partial charge in [-0.3, -0.25) is 9.59 Å². The molecule has 0 N–H and O–H groups in total. The lowest BCUT2D eigenvalue weighted by molar-refractivity contribution is -0.147. The molecule has 100 valence electrons. The lowest BCUT2D eigenvalue weighted by Gasteiger charge is -2.16. The van der Waals surface area contributed by atoms with Crippen LogP contribution in [-0.4, -0.2) is 24.7 Å². The molecule has 1 atom stereocenters. The van der Waals surface area contributed by atoms with E-state index in [-0.39, 0.29) is 12.4 Å². The topological polar surface area (TPSA) is 59.0 Å². The number of rotatable bonds is 3. The van der Waals surface area contributed by atoms with Crippen LogP contribution in [0.1, 0.15) is 12.5 Å². The van der Waals surface area contributed by atoms with Gasteiger partial charge in [-0.05, 0) is 37.6 Å². The molecule has 1 aromatic rings. The molecule has 1 heterocycles. The van der Waals surface area contributed by atoms with E-state index in [0.717, 1.165) is 5.01 Å². The largest absolute Gasteiger partial charge is 0.465 e. The summed E-state index contributed by atoms with van der Waals surface area (Å²) in [5.74, 6) is -2.53. The second-order valence-corrected chi connectivity index (χ2v) is 4.08. The maximum absolute atomic E-state index is 13.0. The first kappa shape index (κ1) is 13.2. The number of carbonyl (C=O) groups is 2. The Morgan fingerprint density at radius 1 is 1.53 bits per heavy atom. The van der Waals surface area contributed by atoms with E-state index in [4.69, 9.17) is 4.74 Å². The Kier molecular flexibility index (Phi) is 3.59. The van der Waals surface area contributed by atoms with Gasteiger partial charge in [-0.1, -0.05) is 0 Å². The third-order valence-corrected chi connectivity index (χ3v) is 2.73. The lowest BCUT2D eigenvalue weighted by atomic mass is 10.1. The molecule has 0 saturated heterocycles. The Morgan fingerprint density at radius 2 is 2.26 bits per heavy atom. The van der Waals surface area contributed by atoms with E-state index in [1.54, 1.807) is 13.8 Å². The van der Waals surface area contributed by atoms with Gasteiger partial charge in [-0.2, -0.15) is 10.1 Å². The zero-order chi connectivity index (χ0) is 14.0. The van der Waals surface area contributed by atoms with Crippen LogP contribution in [0, 0.1) is 18.7 Å². The van der Waals surface area contributed by atoms with Gasteiger partial charge in [0.2, 0.25) is 0 Å². The monoisotopic (exact) mass is 264 g/mol. The fourth-order valence-electron chi connectivity index (χ4n) is 1.82. The number of hydrogen-bond acceptors (Lipinski definition) is 4. The van der Waals surface area contributed by atoms with Crippen LogP contribution in [0.4, 0.5) is 10.1 Å². The van der Waals surface area contributed by atoms with Gasteiger partial charge in [-0.15, -0.1) is 0 Å². The van der Waals surface area contributed by atoms with Crippen molar-refractivity contribution in [2.24, 2.45) is 11.0 Å². The Balaban J connectivity index is 2.23. The van der Waals surface area contributed by atoms with Crippen molar-refractivity contribution in [3.63, 3.8) is 0 Å². The molecule has 5 nitrogen and oxygen atoms in total. The summed E-state index contributed by atoms with van der Waals surface area (Å²) >= 11 is 0. The fourth-order valence-corrected chi connectivity index (χ4v) is 1.82. The summed E-state index contributed by atoms with van der Waals surface area (Å²) in [6, 6.07) is 3.99. The van der Waals surface area contributed by atoms with Crippen LogP contribution in [0.25, 0.3) is 0 Å². The summed E-state index contributed by atoms with van der Waals surface area (Å²) in [6.07, 6.45) is 1.24. The predicted molar refractivity (Wildman–Crippen MR) is 67.2 cm³/mol. The molecule has 0 aliphatic carbocycles. The number of hydrogen-bond donors (Lipinski definition) is 0. The zero-order valence-corrected chi connectivity index (χ0v) is 10.6. The summed E-state index contributed by atoms with van der Waals surface area (Å²) in [6.45, 7) is 3.53. The first-order valence-corrected chi connectivity index (χ1v) is 5.85. The fraction of sp³-hybridized carbons (Fsp3) is 0.308. The third-order valence-electron chi connectivity index (χ3n) is 2.73. The predicted octanol–water partition coefficient (Wildman–Crippen LogP) is 1.65. The van der Waals surface area contributed by atoms with Gasteiger partial charge in [0.15, 0.2) is 5.92 Å². The maximum Gasteiger partial charge on any atom is 0.324 e. The van der Waals surface area contributed by atoms with Crippen LogP contribution in [0.3, 0.4) is 0 Å². The number of amides is 1. The van der Waals surface area contributed by atoms with Crippen molar-refractivity contribution in [3.8, 4) is 0 Å². The number of carbonyl (C=O) groups excluding carboxylic acids is 2. The number of halogens is 1. The summed E-state index contributed by atoms with van der Waals surface area (Å²) in [5.41, 5.74) is 1.02. The van der Waals surface area contributed by atoms with Gasteiger partial charge in [0, 0.05) is 6.21 Å². The van der Waals surface area contributed by atoms with E-state index in [1.165, 1.54) is 24.4 Å². The van der Waals surface area contributed by atoms with Crippen LogP contribution in [0.15, 0.2) is 23.3 Å². The quantitative estimate of drug-likeness (QED) is 0.616. The molecular weight excluding hydrogens is 251 g/mol. The molecule has 6 heteroatoms. The van der Waals surface area contributed by atoms with Gasteiger partial charge < -0.3 is 4.74 Å². The Morgan fingerprint density at radius 3 is 2.89 bits per heavy atom. The van der Waals surface area contributed by atoms with Crippen LogP contribution in [0.5, 0.6) is 0 Å². The van der Waals surface area contributed by atoms with E-state index in [0.29, 0.717) is 11.3 Å². The normalized spacial score (nSPS) is 17.9. The Bertz CT molecular complexity index is 557. The first-order valence-electron chi connectivity index (χ1n) is 5.85. The number of aryl methyl sites for hydroxylation is 1. The van der Waals surface area contributed by atoms with Gasteiger partial charge in [0.1, 0.15) is 5.82 Å². The molecule has 2 rings (SSSR count). The van der Waals surface area contributed by atoms with Crippen LogP contribution in [-0.2, 0) is 14.3 Å². The first-order chi connectivity index (χ1) is 9.04. The van der Waals surface area contributed by atoms with Crippen molar-refractivity contribution >= 4 is 23.8 Å². The number of esters is 1. The molecular formula is C13H13FN2O3. The number of benzene rings is 1. The number of ether oxygens (including phenoxy) is 1. The molecule has 1 aliphatic heterocycles. The highest BCUT2D eigenvalue weighted by Crippen LogP contribution is 2.25. The number of hydrazone groups is 1. The molecule has 0 saturated carbocycles. The SMILES string of the molecule is CCOC(=O)C1C=NN(c2ccc(F)cc2C)C1=O. The number of anilines is 1. The molecule has 0 aromatic heterocycles. The smallest absolute Gasteiger partial charge is 0.324 e. The minimum atomic E-state index is -1.02. The van der Waals surface area contributed by atoms with E-state index in [2.05, 4.69) is 5.10 Å². The summed E-state index contributed by atoms with van der Waals surface area (Å²) in [4.78, 5) is 23.6. The van der Waals surface area contributed by atoms with Crippen molar-refractivity contribution in [2.75, 3.05) is 11.6 Å². The van der Waals surface area contributed by atoms with Crippen LogP contribution < -0.4 is 5.01 Å². The van der Waals surface area contributed by atoms with Crippen molar-refractivity contribution in [3.05, 3.63) is 29.6 Å². The van der Waals surface area contributed by atoms with E-state index in [1.807, 2.05) is 0 Å². The van der Waals surface area contributed by atoms with Gasteiger partial charge in [-0.25, -0.2) is 4.39 Å². The van der Waals surface area contributed by atoms with Crippen LogP contribution >= 0.6 is 0 Å². The highest BCUT2D eigenvalue weighted by atomic mass is 19.1. The Labute approximate surface area is 109 Å². The lowest BCUT2D eigenvalue weighted by Crippen LogP contribution is -2.32. The zero-order valence-electron chi connectivity index (χ0n) is 10.6. The summed E-state index contributed by atoms with van der Waals surface area (Å²) < 4.78 is 17.8. The highest BCUT2D eigenvalue weighted by molar-refractivity contribution is 6.20. The van der Waals surface area contributed by atoms with Crippen LogP contribution in [0.2, 0.25) is 0 Å². The molecule has 0 spiro atoms. The number of nitrogens with zero attached hydrogens (tertiary/aromatic N) is 2. The minimum Gasteiger partial charge on any atom is -0.465 e. The standard InChI is InChI=1S/C13H13FN2O3/c1-3-19-13(18)10-7-15-16(12(10)17)11-5-4-9(14)6-8(11)2/h4-7,10H,3H2,1-2H3. The molecule has 0 radical (unpaired) electrons. The molecule has 1 amide bonds. The van der Waals surface area contributed by atoms with Crippen molar-refractivity contribution in [2.45, 2.75) is 13.8 Å². The molecule has 0 bridgehead atoms. The van der Waals surface area contributed by atoms with E-state index < -0.39 is 17.8 Å². The second kappa shape index (κ2) is 5.17. The van der Waals surface area contributed by atoms with Gasteiger partial charge >= 0.3 is 5.97 Å². The second-order valence-electron chi connectivity index (χ2n) is 4.08. The minimum absolute atomic E-state index is 0.200. The summed E-state index contributed by atoms with van der Waals surface area (Å²) in [5, 5.41) is 4.99. The van der Waals surface area contributed by atoms with Crippen molar-refractivity contribution in [1.29, 1.82) is 0 Å². The average molecular weight is 264 g/mol. The molecule has 1 aliphatic rings. The maximum atomic E-state index is 13.0. The highest BCUT2D eigenvalue weighted by Gasteiger charge is 2.36.